The van der Waals surface area contributed by atoms with Gasteiger partial charge < -0.3 is 10.2 Å². The third-order valence-electron chi connectivity index (χ3n) is 6.02. The predicted octanol–water partition coefficient (Wildman–Crippen LogP) is 4.40. The van der Waals surface area contributed by atoms with Crippen LogP contribution in [0.3, 0.4) is 0 Å². The summed E-state index contributed by atoms with van der Waals surface area (Å²) in [6, 6.07) is 10.3. The van der Waals surface area contributed by atoms with Gasteiger partial charge in [0, 0.05) is 73.1 Å². The molecule has 1 saturated heterocycles. The Balaban J connectivity index is 1.43. The molecule has 1 N–H and O–H groups in total. The molecule has 6 heteroatoms. The van der Waals surface area contributed by atoms with E-state index >= 15 is 0 Å². The number of rotatable bonds is 4. The summed E-state index contributed by atoms with van der Waals surface area (Å²) >= 11 is 0. The first kappa shape index (κ1) is 23.6. The van der Waals surface area contributed by atoms with Gasteiger partial charge in [-0.1, -0.05) is 36.1 Å². The molecule has 2 aromatic rings. The summed E-state index contributed by atoms with van der Waals surface area (Å²) in [5.41, 5.74) is 4.14. The van der Waals surface area contributed by atoms with Crippen LogP contribution in [0.2, 0.25) is 0 Å². The summed E-state index contributed by atoms with van der Waals surface area (Å²) in [6.07, 6.45) is 8.24. The SMILES string of the molecule is Cc1ccc(C(=O)Nc2ccc(CN3CCN(C)CC3)c(F)c2)cc1C#CC1=CCC=CN=C1. The van der Waals surface area contributed by atoms with Crippen LogP contribution in [0.1, 0.15) is 33.5 Å². The van der Waals surface area contributed by atoms with Crippen LogP contribution in [0.15, 0.2) is 65.3 Å². The summed E-state index contributed by atoms with van der Waals surface area (Å²) in [5.74, 6) is 5.66. The lowest BCUT2D eigenvalue weighted by atomic mass is 10.0. The molecular weight excluding hydrogens is 427 g/mol. The van der Waals surface area contributed by atoms with Crippen molar-refractivity contribution in [1.29, 1.82) is 0 Å². The van der Waals surface area contributed by atoms with Crippen LogP contribution in [0.25, 0.3) is 0 Å². The van der Waals surface area contributed by atoms with Crippen molar-refractivity contribution in [3.05, 3.63) is 88.4 Å². The Morgan fingerprint density at radius 2 is 1.94 bits per heavy atom. The topological polar surface area (TPSA) is 47.9 Å². The molecular formula is C28H29FN4O. The zero-order valence-electron chi connectivity index (χ0n) is 19.6. The molecule has 2 heterocycles. The van der Waals surface area contributed by atoms with E-state index in [1.54, 1.807) is 36.7 Å². The van der Waals surface area contributed by atoms with Crippen molar-refractivity contribution < 1.29 is 9.18 Å². The normalized spacial score (nSPS) is 16.4. The summed E-state index contributed by atoms with van der Waals surface area (Å²) in [4.78, 5) is 21.5. The van der Waals surface area contributed by atoms with Gasteiger partial charge >= 0.3 is 0 Å². The van der Waals surface area contributed by atoms with Crippen LogP contribution in [-0.4, -0.2) is 55.1 Å². The molecule has 2 aliphatic rings. The quantitative estimate of drug-likeness (QED) is 0.694. The standard InChI is InChI=1S/C28H29FN4O/c1-21-6-8-24(17-23(21)9-7-22-5-3-4-12-30-19-22)28(34)31-26-11-10-25(27(29)18-26)20-33-15-13-32(2)14-16-33/h4-6,8,10-12,17-19H,3,13-16,20H2,1-2H3,(H,31,34). The van der Waals surface area contributed by atoms with Gasteiger partial charge in [-0.05, 0) is 50.2 Å². The zero-order chi connectivity index (χ0) is 23.9. The van der Waals surface area contributed by atoms with Crippen molar-refractivity contribution in [2.24, 2.45) is 4.99 Å². The highest BCUT2D eigenvalue weighted by atomic mass is 19.1. The fourth-order valence-electron chi connectivity index (χ4n) is 3.82. The molecule has 2 aliphatic heterocycles. The number of nitrogens with one attached hydrogen (secondary N) is 1. The summed E-state index contributed by atoms with van der Waals surface area (Å²) in [7, 11) is 2.10. The monoisotopic (exact) mass is 456 g/mol. The number of piperazine rings is 1. The molecule has 4 rings (SSSR count). The molecule has 2 aromatic carbocycles. The van der Waals surface area contributed by atoms with Crippen molar-refractivity contribution in [3.63, 3.8) is 0 Å². The Morgan fingerprint density at radius 1 is 1.12 bits per heavy atom. The van der Waals surface area contributed by atoms with Crippen LogP contribution in [0, 0.1) is 24.6 Å². The zero-order valence-corrected chi connectivity index (χ0v) is 19.6. The van der Waals surface area contributed by atoms with Crippen LogP contribution in [0.4, 0.5) is 10.1 Å². The number of hydrogen-bond acceptors (Lipinski definition) is 4. The Kier molecular flexibility index (Phi) is 7.69. The Labute approximate surface area is 200 Å². The molecule has 5 nitrogen and oxygen atoms in total. The number of carbonyl (C=O) groups is 1. The molecule has 0 spiro atoms. The summed E-state index contributed by atoms with van der Waals surface area (Å²) in [5, 5.41) is 2.81. The van der Waals surface area contributed by atoms with Crippen molar-refractivity contribution >= 4 is 17.8 Å². The van der Waals surface area contributed by atoms with E-state index in [1.165, 1.54) is 6.07 Å². The minimum Gasteiger partial charge on any atom is -0.322 e. The number of hydrogen-bond donors (Lipinski definition) is 1. The van der Waals surface area contributed by atoms with E-state index < -0.39 is 0 Å². The molecule has 0 bridgehead atoms. The Bertz CT molecular complexity index is 1210. The lowest BCUT2D eigenvalue weighted by Gasteiger charge is -2.32. The van der Waals surface area contributed by atoms with E-state index in [-0.39, 0.29) is 11.7 Å². The first-order valence-corrected chi connectivity index (χ1v) is 11.5. The second-order valence-corrected chi connectivity index (χ2v) is 8.68. The number of aryl methyl sites for hydroxylation is 1. The molecule has 0 unspecified atom stereocenters. The number of halogens is 1. The molecule has 0 radical (unpaired) electrons. The number of nitrogens with zero attached hydrogens (tertiary/aromatic N) is 3. The average Bonchev–Trinajstić information content (AvgIpc) is 3.10. The average molecular weight is 457 g/mol. The number of allylic oxidation sites excluding steroid dienone is 3. The fraction of sp³-hybridized carbons (Fsp3) is 0.286. The van der Waals surface area contributed by atoms with E-state index in [4.69, 9.17) is 0 Å². The van der Waals surface area contributed by atoms with Gasteiger partial charge in [0.2, 0.25) is 0 Å². The van der Waals surface area contributed by atoms with E-state index in [0.717, 1.165) is 49.3 Å². The highest BCUT2D eigenvalue weighted by Crippen LogP contribution is 2.19. The van der Waals surface area contributed by atoms with E-state index in [1.807, 2.05) is 25.1 Å². The van der Waals surface area contributed by atoms with Gasteiger partial charge in [-0.2, -0.15) is 0 Å². The number of likely N-dealkylation sites (N-methyl/N-ethyl adjacent to an activating group) is 1. The van der Waals surface area contributed by atoms with Gasteiger partial charge in [0.05, 0.1) is 0 Å². The minimum atomic E-state index is -0.306. The van der Waals surface area contributed by atoms with Crippen LogP contribution in [-0.2, 0) is 6.54 Å². The summed E-state index contributed by atoms with van der Waals surface area (Å²) in [6.45, 7) is 6.35. The number of aliphatic imine (C=N–C) groups is 1. The molecule has 0 saturated carbocycles. The maximum Gasteiger partial charge on any atom is 0.255 e. The van der Waals surface area contributed by atoms with Crippen LogP contribution >= 0.6 is 0 Å². The molecule has 174 valence electrons. The maximum atomic E-state index is 14.7. The highest BCUT2D eigenvalue weighted by Gasteiger charge is 2.16. The second kappa shape index (κ2) is 11.1. The first-order valence-electron chi connectivity index (χ1n) is 11.5. The van der Waals surface area contributed by atoms with Gasteiger partial charge in [0.25, 0.3) is 5.91 Å². The van der Waals surface area contributed by atoms with E-state index in [2.05, 4.69) is 39.0 Å². The van der Waals surface area contributed by atoms with Gasteiger partial charge in [-0.25, -0.2) is 4.39 Å². The van der Waals surface area contributed by atoms with Crippen molar-refractivity contribution in [2.75, 3.05) is 38.5 Å². The molecule has 1 fully saturated rings. The van der Waals surface area contributed by atoms with Gasteiger partial charge in [0.15, 0.2) is 0 Å². The fourth-order valence-corrected chi connectivity index (χ4v) is 3.82. The van der Waals surface area contributed by atoms with Gasteiger partial charge in [-0.15, -0.1) is 0 Å². The maximum absolute atomic E-state index is 14.7. The Hall–Kier alpha value is -3.53. The van der Waals surface area contributed by atoms with Crippen molar-refractivity contribution in [2.45, 2.75) is 19.9 Å². The lowest BCUT2D eigenvalue weighted by Crippen LogP contribution is -2.44. The Morgan fingerprint density at radius 3 is 2.74 bits per heavy atom. The smallest absolute Gasteiger partial charge is 0.255 e. The van der Waals surface area contributed by atoms with Crippen molar-refractivity contribution in [1.82, 2.24) is 9.80 Å². The molecule has 0 aliphatic carbocycles. The number of amides is 1. The number of anilines is 1. The van der Waals surface area contributed by atoms with Gasteiger partial charge in [0.1, 0.15) is 5.82 Å². The largest absolute Gasteiger partial charge is 0.322 e. The summed E-state index contributed by atoms with van der Waals surface area (Å²) < 4.78 is 14.7. The lowest BCUT2D eigenvalue weighted by molar-refractivity contribution is 0.102. The minimum absolute atomic E-state index is 0.297. The second-order valence-electron chi connectivity index (χ2n) is 8.68. The highest BCUT2D eigenvalue weighted by molar-refractivity contribution is 6.04. The van der Waals surface area contributed by atoms with Gasteiger partial charge in [-0.3, -0.25) is 14.7 Å². The van der Waals surface area contributed by atoms with Crippen LogP contribution < -0.4 is 5.32 Å². The first-order chi connectivity index (χ1) is 16.5. The third kappa shape index (κ3) is 6.28. The number of benzene rings is 2. The predicted molar refractivity (Wildman–Crippen MR) is 136 cm³/mol. The van der Waals surface area contributed by atoms with E-state index in [0.29, 0.717) is 23.4 Å². The molecule has 0 atom stereocenters. The third-order valence-corrected chi connectivity index (χ3v) is 6.02. The number of carbonyl (C=O) groups excluding carboxylic acids is 1. The molecule has 0 aromatic heterocycles. The molecule has 34 heavy (non-hydrogen) atoms. The molecule has 1 amide bonds. The van der Waals surface area contributed by atoms with Crippen molar-refractivity contribution in [3.8, 4) is 11.8 Å². The van der Waals surface area contributed by atoms with Crippen LogP contribution in [0.5, 0.6) is 0 Å². The van der Waals surface area contributed by atoms with E-state index in [9.17, 15) is 9.18 Å².